The van der Waals surface area contributed by atoms with E-state index in [4.69, 9.17) is 9.97 Å². The number of aryl methyl sites for hydroxylation is 1. The minimum atomic E-state index is -0.704. The van der Waals surface area contributed by atoms with Crippen molar-refractivity contribution in [3.63, 3.8) is 0 Å². The van der Waals surface area contributed by atoms with Crippen molar-refractivity contribution in [3.8, 4) is 0 Å². The molecule has 1 saturated heterocycles. The molecule has 3 aromatic rings. The Morgan fingerprint density at radius 2 is 2.07 bits per heavy atom. The third-order valence-corrected chi connectivity index (χ3v) is 5.17. The van der Waals surface area contributed by atoms with Crippen LogP contribution >= 0.6 is 0 Å². The van der Waals surface area contributed by atoms with Gasteiger partial charge in [-0.3, -0.25) is 5.10 Å². The molecule has 4 heterocycles. The van der Waals surface area contributed by atoms with Crippen LogP contribution in [0.2, 0.25) is 0 Å². The quantitative estimate of drug-likeness (QED) is 0.734. The van der Waals surface area contributed by atoms with E-state index in [2.05, 4.69) is 45.4 Å². The SMILES string of the molecule is Cc1cn[nH]c1Cc1nc(N2CCC(C)(O)C2)c2c(ncn2C(C)(C)C)n1. The molecule has 144 valence electrons. The van der Waals surface area contributed by atoms with Crippen molar-refractivity contribution >= 4 is 17.0 Å². The van der Waals surface area contributed by atoms with Gasteiger partial charge in [0.25, 0.3) is 0 Å². The van der Waals surface area contributed by atoms with E-state index in [-0.39, 0.29) is 5.54 Å². The lowest BCUT2D eigenvalue weighted by atomic mass is 10.1. The molecule has 1 aliphatic rings. The minimum Gasteiger partial charge on any atom is -0.388 e. The van der Waals surface area contributed by atoms with Gasteiger partial charge in [-0.05, 0) is 46.6 Å². The first-order valence-electron chi connectivity index (χ1n) is 9.35. The van der Waals surface area contributed by atoms with Gasteiger partial charge in [-0.1, -0.05) is 0 Å². The van der Waals surface area contributed by atoms with Crippen LogP contribution in [-0.4, -0.2) is 53.5 Å². The molecule has 0 amide bonds. The second-order valence-electron chi connectivity index (χ2n) is 8.80. The number of nitrogens with zero attached hydrogens (tertiary/aromatic N) is 6. The summed E-state index contributed by atoms with van der Waals surface area (Å²) in [7, 11) is 0. The van der Waals surface area contributed by atoms with E-state index in [1.54, 1.807) is 6.20 Å². The van der Waals surface area contributed by atoms with Crippen LogP contribution in [0.3, 0.4) is 0 Å². The number of aromatic amines is 1. The van der Waals surface area contributed by atoms with Crippen molar-refractivity contribution in [2.24, 2.45) is 0 Å². The van der Waals surface area contributed by atoms with E-state index in [1.807, 2.05) is 20.2 Å². The maximum atomic E-state index is 10.5. The van der Waals surface area contributed by atoms with Gasteiger partial charge in [0, 0.05) is 30.7 Å². The molecule has 4 rings (SSSR count). The number of β-amino-alcohol motifs (C(OH)–C–C–N with tert-alkyl or cyclic N) is 1. The topological polar surface area (TPSA) is 95.8 Å². The highest BCUT2D eigenvalue weighted by Gasteiger charge is 2.34. The number of imidazole rings is 1. The van der Waals surface area contributed by atoms with E-state index in [9.17, 15) is 5.11 Å². The summed E-state index contributed by atoms with van der Waals surface area (Å²) in [4.78, 5) is 16.3. The fourth-order valence-electron chi connectivity index (χ4n) is 3.60. The summed E-state index contributed by atoms with van der Waals surface area (Å²) in [5, 5.41) is 17.6. The molecule has 0 radical (unpaired) electrons. The molecule has 1 fully saturated rings. The van der Waals surface area contributed by atoms with Crippen LogP contribution in [0.1, 0.15) is 51.2 Å². The highest BCUT2D eigenvalue weighted by Crippen LogP contribution is 2.33. The summed E-state index contributed by atoms with van der Waals surface area (Å²) < 4.78 is 2.12. The second-order valence-corrected chi connectivity index (χ2v) is 8.80. The molecule has 0 aliphatic carbocycles. The highest BCUT2D eigenvalue weighted by atomic mass is 16.3. The number of anilines is 1. The van der Waals surface area contributed by atoms with Crippen LogP contribution < -0.4 is 4.90 Å². The van der Waals surface area contributed by atoms with Crippen molar-refractivity contribution in [2.75, 3.05) is 18.0 Å². The third-order valence-electron chi connectivity index (χ3n) is 5.17. The van der Waals surface area contributed by atoms with Crippen molar-refractivity contribution in [1.29, 1.82) is 0 Å². The Bertz CT molecular complexity index is 980. The molecule has 1 atom stereocenters. The van der Waals surface area contributed by atoms with Crippen LogP contribution in [0.4, 0.5) is 5.82 Å². The number of aromatic nitrogens is 6. The number of fused-ring (bicyclic) bond motifs is 1. The Hall–Kier alpha value is -2.48. The first-order chi connectivity index (χ1) is 12.6. The average molecular weight is 369 g/mol. The Morgan fingerprint density at radius 1 is 1.30 bits per heavy atom. The fourth-order valence-corrected chi connectivity index (χ4v) is 3.60. The summed E-state index contributed by atoms with van der Waals surface area (Å²) in [5.41, 5.74) is 2.85. The molecule has 0 saturated carbocycles. The molecular formula is C19H27N7O. The lowest BCUT2D eigenvalue weighted by molar-refractivity contribution is 0.0839. The molecule has 8 nitrogen and oxygen atoms in total. The van der Waals surface area contributed by atoms with Gasteiger partial charge < -0.3 is 14.6 Å². The van der Waals surface area contributed by atoms with Gasteiger partial charge in [0.05, 0.1) is 18.1 Å². The largest absolute Gasteiger partial charge is 0.388 e. The van der Waals surface area contributed by atoms with E-state index in [0.717, 1.165) is 35.6 Å². The van der Waals surface area contributed by atoms with Crippen LogP contribution in [-0.2, 0) is 12.0 Å². The van der Waals surface area contributed by atoms with Gasteiger partial charge in [0.2, 0.25) is 0 Å². The van der Waals surface area contributed by atoms with Crippen molar-refractivity contribution < 1.29 is 5.11 Å². The molecule has 3 aromatic heterocycles. The summed E-state index contributed by atoms with van der Waals surface area (Å²) in [5.74, 6) is 1.55. The van der Waals surface area contributed by atoms with Crippen molar-refractivity contribution in [2.45, 2.75) is 58.6 Å². The number of hydrogen-bond donors (Lipinski definition) is 2. The van der Waals surface area contributed by atoms with Gasteiger partial charge >= 0.3 is 0 Å². The lowest BCUT2D eigenvalue weighted by Gasteiger charge is -2.26. The molecule has 0 bridgehead atoms. The maximum Gasteiger partial charge on any atom is 0.183 e. The predicted molar refractivity (Wildman–Crippen MR) is 104 cm³/mol. The molecular weight excluding hydrogens is 342 g/mol. The molecule has 8 heteroatoms. The monoisotopic (exact) mass is 369 g/mol. The smallest absolute Gasteiger partial charge is 0.183 e. The zero-order valence-corrected chi connectivity index (χ0v) is 16.6. The minimum absolute atomic E-state index is 0.142. The van der Waals surface area contributed by atoms with Crippen molar-refractivity contribution in [1.82, 2.24) is 29.7 Å². The Balaban J connectivity index is 1.85. The van der Waals surface area contributed by atoms with E-state index in [1.165, 1.54) is 0 Å². The molecule has 1 unspecified atom stereocenters. The number of rotatable bonds is 3. The summed E-state index contributed by atoms with van der Waals surface area (Å²) in [6, 6.07) is 0. The van der Waals surface area contributed by atoms with E-state index >= 15 is 0 Å². The van der Waals surface area contributed by atoms with Crippen LogP contribution in [0.15, 0.2) is 12.5 Å². The maximum absolute atomic E-state index is 10.5. The van der Waals surface area contributed by atoms with E-state index in [0.29, 0.717) is 24.4 Å². The zero-order chi connectivity index (χ0) is 19.4. The molecule has 0 aromatic carbocycles. The lowest BCUT2D eigenvalue weighted by Crippen LogP contribution is -2.31. The predicted octanol–water partition coefficient (Wildman–Crippen LogP) is 2.16. The molecule has 1 aliphatic heterocycles. The van der Waals surface area contributed by atoms with Gasteiger partial charge in [0.15, 0.2) is 11.5 Å². The Labute approximate surface area is 158 Å². The third kappa shape index (κ3) is 3.29. The summed E-state index contributed by atoms with van der Waals surface area (Å²) >= 11 is 0. The van der Waals surface area contributed by atoms with Crippen molar-refractivity contribution in [3.05, 3.63) is 29.6 Å². The normalized spacial score (nSPS) is 20.7. The van der Waals surface area contributed by atoms with E-state index < -0.39 is 5.60 Å². The first-order valence-corrected chi connectivity index (χ1v) is 9.35. The Morgan fingerprint density at radius 3 is 2.67 bits per heavy atom. The Kier molecular flexibility index (Phi) is 3.99. The summed E-state index contributed by atoms with van der Waals surface area (Å²) in [6.07, 6.45) is 4.93. The van der Waals surface area contributed by atoms with Crippen LogP contribution in [0.25, 0.3) is 11.2 Å². The van der Waals surface area contributed by atoms with Gasteiger partial charge in [-0.2, -0.15) is 5.10 Å². The fraction of sp³-hybridized carbons (Fsp3) is 0.579. The van der Waals surface area contributed by atoms with Gasteiger partial charge in [0.1, 0.15) is 11.3 Å². The second kappa shape index (κ2) is 6.02. The molecule has 0 spiro atoms. The number of nitrogens with one attached hydrogen (secondary N) is 1. The zero-order valence-electron chi connectivity index (χ0n) is 16.6. The molecule has 27 heavy (non-hydrogen) atoms. The van der Waals surface area contributed by atoms with Gasteiger partial charge in [-0.25, -0.2) is 15.0 Å². The highest BCUT2D eigenvalue weighted by molar-refractivity contribution is 5.84. The number of aliphatic hydroxyl groups is 1. The first kappa shape index (κ1) is 17.9. The standard InChI is InChI=1S/C19H27N7O/c1-12-9-21-24-13(12)8-14-22-16-15(26(11-20-16)18(2,3)4)17(23-14)25-7-6-19(5,27)10-25/h9,11,27H,6-8,10H2,1-5H3,(H,21,24). The average Bonchev–Trinajstić information content (AvgIpc) is 3.25. The number of hydrogen-bond acceptors (Lipinski definition) is 6. The molecule has 2 N–H and O–H groups in total. The van der Waals surface area contributed by atoms with Gasteiger partial charge in [-0.15, -0.1) is 0 Å². The van der Waals surface area contributed by atoms with Crippen LogP contribution in [0, 0.1) is 6.92 Å². The van der Waals surface area contributed by atoms with Crippen LogP contribution in [0.5, 0.6) is 0 Å². The number of H-pyrrole nitrogens is 1. The summed E-state index contributed by atoms with van der Waals surface area (Å²) in [6.45, 7) is 11.6.